The highest BCUT2D eigenvalue weighted by Crippen LogP contribution is 2.07. The Hall–Kier alpha value is -1.35. The van der Waals surface area contributed by atoms with Crippen LogP contribution in [0.5, 0.6) is 0 Å². The highest BCUT2D eigenvalue weighted by Gasteiger charge is 2.04. The number of primary amides is 1. The van der Waals surface area contributed by atoms with Crippen LogP contribution in [0.4, 0.5) is 0 Å². The predicted octanol–water partition coefficient (Wildman–Crippen LogP) is 2.31. The summed E-state index contributed by atoms with van der Waals surface area (Å²) in [5, 5.41) is 3.46. The molecule has 0 aliphatic heterocycles. The predicted molar refractivity (Wildman–Crippen MR) is 70.7 cm³/mol. The molecule has 0 saturated carbocycles. The van der Waals surface area contributed by atoms with Crippen LogP contribution in [-0.4, -0.2) is 11.9 Å². The smallest absolute Gasteiger partial charge is 0.248 e. The molecule has 0 bridgehead atoms. The molecular weight excluding hydrogens is 212 g/mol. The third kappa shape index (κ3) is 5.00. The van der Waals surface area contributed by atoms with Crippen molar-refractivity contribution in [1.29, 1.82) is 0 Å². The Kier molecular flexibility index (Phi) is 5.16. The lowest BCUT2D eigenvalue weighted by Gasteiger charge is -2.15. The summed E-state index contributed by atoms with van der Waals surface area (Å²) in [5.41, 5.74) is 6.92. The second-order valence-electron chi connectivity index (χ2n) is 4.97. The molecule has 1 rings (SSSR count). The summed E-state index contributed by atoms with van der Waals surface area (Å²) in [4.78, 5) is 10.9. The van der Waals surface area contributed by atoms with E-state index < -0.39 is 0 Å². The number of carbonyl (C=O) groups excluding carboxylic acids is 1. The van der Waals surface area contributed by atoms with Crippen molar-refractivity contribution < 1.29 is 4.79 Å². The van der Waals surface area contributed by atoms with E-state index in [2.05, 4.69) is 26.1 Å². The molecular formula is C14H22N2O. The second kappa shape index (κ2) is 6.40. The maximum atomic E-state index is 10.9. The number of hydrogen-bond acceptors (Lipinski definition) is 2. The standard InChI is InChI=1S/C14H22N2O/c1-10(2)8-11(3)16-9-12-4-6-13(7-5-12)14(15)17/h4-7,10-11,16H,8-9H2,1-3H3,(H2,15,17). The van der Waals surface area contributed by atoms with Gasteiger partial charge in [0.1, 0.15) is 0 Å². The van der Waals surface area contributed by atoms with Gasteiger partial charge in [0.05, 0.1) is 0 Å². The molecule has 1 aromatic carbocycles. The van der Waals surface area contributed by atoms with E-state index in [-0.39, 0.29) is 5.91 Å². The van der Waals surface area contributed by atoms with Gasteiger partial charge in [0.2, 0.25) is 5.91 Å². The van der Waals surface area contributed by atoms with Crippen molar-refractivity contribution in [2.24, 2.45) is 11.7 Å². The highest BCUT2D eigenvalue weighted by atomic mass is 16.1. The summed E-state index contributed by atoms with van der Waals surface area (Å²) in [5.74, 6) is 0.326. The molecule has 1 aromatic rings. The Bertz CT molecular complexity index is 357. The van der Waals surface area contributed by atoms with Crippen molar-refractivity contribution in [2.45, 2.75) is 39.8 Å². The largest absolute Gasteiger partial charge is 0.366 e. The molecule has 1 atom stereocenters. The van der Waals surface area contributed by atoms with Crippen LogP contribution in [0.25, 0.3) is 0 Å². The van der Waals surface area contributed by atoms with E-state index in [1.165, 1.54) is 12.0 Å². The second-order valence-corrected chi connectivity index (χ2v) is 4.97. The molecule has 0 aliphatic carbocycles. The molecule has 3 nitrogen and oxygen atoms in total. The van der Waals surface area contributed by atoms with E-state index in [1.807, 2.05) is 12.1 Å². The number of nitrogens with two attached hydrogens (primary N) is 1. The SMILES string of the molecule is CC(C)CC(C)NCc1ccc(C(N)=O)cc1. The van der Waals surface area contributed by atoms with Crippen molar-refractivity contribution >= 4 is 5.91 Å². The topological polar surface area (TPSA) is 55.1 Å². The van der Waals surface area contributed by atoms with Crippen molar-refractivity contribution in [3.05, 3.63) is 35.4 Å². The van der Waals surface area contributed by atoms with Crippen molar-refractivity contribution in [3.63, 3.8) is 0 Å². The van der Waals surface area contributed by atoms with Crippen LogP contribution < -0.4 is 11.1 Å². The Labute approximate surface area is 103 Å². The summed E-state index contributed by atoms with van der Waals surface area (Å²) in [6, 6.07) is 7.93. The van der Waals surface area contributed by atoms with Crippen LogP contribution in [0.15, 0.2) is 24.3 Å². The molecule has 17 heavy (non-hydrogen) atoms. The summed E-state index contributed by atoms with van der Waals surface area (Å²) in [6.07, 6.45) is 1.17. The maximum absolute atomic E-state index is 10.9. The first-order valence-electron chi connectivity index (χ1n) is 6.11. The van der Waals surface area contributed by atoms with Gasteiger partial charge < -0.3 is 11.1 Å². The first kappa shape index (κ1) is 13.7. The van der Waals surface area contributed by atoms with E-state index in [0.717, 1.165) is 6.54 Å². The number of carbonyl (C=O) groups is 1. The van der Waals surface area contributed by atoms with Crippen LogP contribution in [0, 0.1) is 5.92 Å². The average molecular weight is 234 g/mol. The van der Waals surface area contributed by atoms with E-state index in [1.54, 1.807) is 12.1 Å². The molecule has 0 aromatic heterocycles. The van der Waals surface area contributed by atoms with Gasteiger partial charge in [-0.1, -0.05) is 26.0 Å². The van der Waals surface area contributed by atoms with Crippen molar-refractivity contribution in [1.82, 2.24) is 5.32 Å². The number of rotatable bonds is 6. The molecule has 0 aliphatic rings. The molecule has 1 unspecified atom stereocenters. The minimum absolute atomic E-state index is 0.377. The fraction of sp³-hybridized carbons (Fsp3) is 0.500. The van der Waals surface area contributed by atoms with Crippen LogP contribution in [0.1, 0.15) is 43.1 Å². The van der Waals surface area contributed by atoms with E-state index in [4.69, 9.17) is 5.73 Å². The Morgan fingerprint density at radius 3 is 2.29 bits per heavy atom. The molecule has 0 saturated heterocycles. The van der Waals surface area contributed by atoms with Gasteiger partial charge in [-0.05, 0) is 37.0 Å². The normalized spacial score (nSPS) is 12.7. The molecule has 0 radical (unpaired) electrons. The lowest BCUT2D eigenvalue weighted by atomic mass is 10.0. The number of hydrogen-bond donors (Lipinski definition) is 2. The fourth-order valence-electron chi connectivity index (χ4n) is 1.87. The van der Waals surface area contributed by atoms with E-state index in [9.17, 15) is 4.79 Å². The fourth-order valence-corrected chi connectivity index (χ4v) is 1.87. The van der Waals surface area contributed by atoms with Gasteiger partial charge in [-0.15, -0.1) is 0 Å². The Morgan fingerprint density at radius 2 is 1.82 bits per heavy atom. The minimum atomic E-state index is -0.377. The first-order valence-corrected chi connectivity index (χ1v) is 6.11. The molecule has 0 heterocycles. The third-order valence-electron chi connectivity index (χ3n) is 2.72. The quantitative estimate of drug-likeness (QED) is 0.793. The van der Waals surface area contributed by atoms with Gasteiger partial charge >= 0.3 is 0 Å². The van der Waals surface area contributed by atoms with Crippen LogP contribution in [-0.2, 0) is 6.54 Å². The van der Waals surface area contributed by atoms with Gasteiger partial charge in [-0.25, -0.2) is 0 Å². The summed E-state index contributed by atoms with van der Waals surface area (Å²) in [6.45, 7) is 7.46. The lowest BCUT2D eigenvalue weighted by molar-refractivity contribution is 0.100. The minimum Gasteiger partial charge on any atom is -0.366 e. The number of nitrogens with one attached hydrogen (secondary N) is 1. The summed E-state index contributed by atoms with van der Waals surface area (Å²) >= 11 is 0. The van der Waals surface area contributed by atoms with Gasteiger partial charge in [0, 0.05) is 18.2 Å². The molecule has 1 amide bonds. The molecule has 0 fully saturated rings. The van der Waals surface area contributed by atoms with Crippen molar-refractivity contribution in [3.8, 4) is 0 Å². The average Bonchev–Trinajstić information content (AvgIpc) is 2.26. The summed E-state index contributed by atoms with van der Waals surface area (Å²) < 4.78 is 0. The molecule has 94 valence electrons. The zero-order chi connectivity index (χ0) is 12.8. The maximum Gasteiger partial charge on any atom is 0.248 e. The Morgan fingerprint density at radius 1 is 1.24 bits per heavy atom. The summed E-state index contributed by atoms with van der Waals surface area (Å²) in [7, 11) is 0. The van der Waals surface area contributed by atoms with Crippen LogP contribution in [0.2, 0.25) is 0 Å². The van der Waals surface area contributed by atoms with E-state index in [0.29, 0.717) is 17.5 Å². The third-order valence-corrected chi connectivity index (χ3v) is 2.72. The van der Waals surface area contributed by atoms with Gasteiger partial charge in [-0.2, -0.15) is 0 Å². The molecule has 0 spiro atoms. The lowest BCUT2D eigenvalue weighted by Crippen LogP contribution is -2.26. The zero-order valence-electron chi connectivity index (χ0n) is 10.9. The van der Waals surface area contributed by atoms with Gasteiger partial charge in [-0.3, -0.25) is 4.79 Å². The van der Waals surface area contributed by atoms with Gasteiger partial charge in [0.25, 0.3) is 0 Å². The number of amides is 1. The first-order chi connectivity index (χ1) is 7.99. The number of benzene rings is 1. The van der Waals surface area contributed by atoms with Crippen molar-refractivity contribution in [2.75, 3.05) is 0 Å². The molecule has 3 heteroatoms. The zero-order valence-corrected chi connectivity index (χ0v) is 10.9. The van der Waals surface area contributed by atoms with Crippen LogP contribution in [0.3, 0.4) is 0 Å². The van der Waals surface area contributed by atoms with Crippen LogP contribution >= 0.6 is 0 Å². The highest BCUT2D eigenvalue weighted by molar-refractivity contribution is 5.92. The van der Waals surface area contributed by atoms with Gasteiger partial charge in [0.15, 0.2) is 0 Å². The Balaban J connectivity index is 2.44. The molecule has 3 N–H and O–H groups in total. The monoisotopic (exact) mass is 234 g/mol. The van der Waals surface area contributed by atoms with E-state index >= 15 is 0 Å².